The molecule has 1 saturated carbocycles. The van der Waals surface area contributed by atoms with Crippen LogP contribution >= 0.6 is 0 Å². The lowest BCUT2D eigenvalue weighted by molar-refractivity contribution is 0.306. The molecule has 0 atom stereocenters. The van der Waals surface area contributed by atoms with E-state index < -0.39 is 0 Å². The number of nitrogen functional groups attached to an aromatic ring is 1. The molecule has 0 radical (unpaired) electrons. The third-order valence-electron chi connectivity index (χ3n) is 3.18. The number of rotatable bonds is 3. The number of para-hydroxylation sites is 1. The molecule has 3 N–H and O–H groups in total. The number of hydrogen-bond donors (Lipinski definition) is 2. The van der Waals surface area contributed by atoms with Gasteiger partial charge in [0.05, 0.1) is 18.5 Å². The number of ether oxygens (including phenoxy) is 1. The first-order valence-corrected chi connectivity index (χ1v) is 5.35. The highest BCUT2D eigenvalue weighted by Crippen LogP contribution is 2.38. The summed E-state index contributed by atoms with van der Waals surface area (Å²) in [6.45, 7) is 2.23. The molecule has 0 aromatic heterocycles. The number of hydrogen-bond acceptors (Lipinski definition) is 3. The van der Waals surface area contributed by atoms with Crippen LogP contribution < -0.4 is 15.8 Å². The monoisotopic (exact) mass is 206 g/mol. The fraction of sp³-hybridized carbons (Fsp3) is 0.500. The normalized spacial score (nSPS) is 18.0. The summed E-state index contributed by atoms with van der Waals surface area (Å²) in [7, 11) is 1.64. The molecule has 2 rings (SSSR count). The molecule has 1 fully saturated rings. The minimum Gasteiger partial charge on any atom is -0.495 e. The van der Waals surface area contributed by atoms with Gasteiger partial charge in [0.15, 0.2) is 0 Å². The molecular formula is C12H18N2O. The van der Waals surface area contributed by atoms with E-state index in [4.69, 9.17) is 10.5 Å². The van der Waals surface area contributed by atoms with Crippen molar-refractivity contribution in [2.24, 2.45) is 0 Å². The Morgan fingerprint density at radius 2 is 2.13 bits per heavy atom. The summed E-state index contributed by atoms with van der Waals surface area (Å²) in [6.07, 6.45) is 3.72. The van der Waals surface area contributed by atoms with E-state index in [1.807, 2.05) is 18.2 Å². The van der Waals surface area contributed by atoms with Gasteiger partial charge in [0, 0.05) is 5.54 Å². The van der Waals surface area contributed by atoms with E-state index in [1.54, 1.807) is 7.11 Å². The van der Waals surface area contributed by atoms with Crippen molar-refractivity contribution in [3.63, 3.8) is 0 Å². The van der Waals surface area contributed by atoms with Gasteiger partial charge in [0.2, 0.25) is 0 Å². The average Bonchev–Trinajstić information content (AvgIpc) is 2.19. The van der Waals surface area contributed by atoms with E-state index in [1.165, 1.54) is 19.3 Å². The molecule has 1 aromatic rings. The van der Waals surface area contributed by atoms with Crippen molar-refractivity contribution in [2.45, 2.75) is 31.7 Å². The second kappa shape index (κ2) is 3.65. The first-order chi connectivity index (χ1) is 7.14. The molecule has 0 bridgehead atoms. The first kappa shape index (κ1) is 10.1. The maximum absolute atomic E-state index is 5.99. The Bertz CT molecular complexity index is 359. The molecule has 3 heteroatoms. The highest BCUT2D eigenvalue weighted by molar-refractivity contribution is 5.73. The Balaban J connectivity index is 2.20. The highest BCUT2D eigenvalue weighted by Gasteiger charge is 2.31. The van der Waals surface area contributed by atoms with Crippen LogP contribution in [0, 0.1) is 0 Å². The number of anilines is 2. The second-order valence-corrected chi connectivity index (χ2v) is 4.46. The summed E-state index contributed by atoms with van der Waals surface area (Å²) < 4.78 is 5.19. The van der Waals surface area contributed by atoms with Gasteiger partial charge < -0.3 is 15.8 Å². The van der Waals surface area contributed by atoms with E-state index in [0.717, 1.165) is 11.4 Å². The van der Waals surface area contributed by atoms with Crippen molar-refractivity contribution in [3.05, 3.63) is 18.2 Å². The third kappa shape index (κ3) is 1.87. The van der Waals surface area contributed by atoms with E-state index in [2.05, 4.69) is 12.2 Å². The topological polar surface area (TPSA) is 47.3 Å². The summed E-state index contributed by atoms with van der Waals surface area (Å²) in [5, 5.41) is 3.49. The van der Waals surface area contributed by atoms with Gasteiger partial charge in [-0.15, -0.1) is 0 Å². The van der Waals surface area contributed by atoms with Crippen LogP contribution in [0.4, 0.5) is 11.4 Å². The predicted octanol–water partition coefficient (Wildman–Crippen LogP) is 2.63. The SMILES string of the molecule is COc1cccc(NC2(C)CCC2)c1N. The molecular weight excluding hydrogens is 188 g/mol. The van der Waals surface area contributed by atoms with Crippen molar-refractivity contribution in [1.29, 1.82) is 0 Å². The Hall–Kier alpha value is -1.38. The number of nitrogens with one attached hydrogen (secondary N) is 1. The third-order valence-corrected chi connectivity index (χ3v) is 3.18. The Morgan fingerprint density at radius 1 is 1.40 bits per heavy atom. The molecule has 0 spiro atoms. The van der Waals surface area contributed by atoms with Crippen LogP contribution in [-0.4, -0.2) is 12.6 Å². The van der Waals surface area contributed by atoms with Gasteiger partial charge in [-0.05, 0) is 38.3 Å². The van der Waals surface area contributed by atoms with Gasteiger partial charge in [-0.1, -0.05) is 6.07 Å². The minimum atomic E-state index is 0.223. The van der Waals surface area contributed by atoms with Crippen LogP contribution in [0.2, 0.25) is 0 Å². The van der Waals surface area contributed by atoms with E-state index in [-0.39, 0.29) is 5.54 Å². The predicted molar refractivity (Wildman–Crippen MR) is 63.3 cm³/mol. The molecule has 0 amide bonds. The molecule has 3 nitrogen and oxygen atoms in total. The number of nitrogens with two attached hydrogens (primary N) is 1. The zero-order valence-electron chi connectivity index (χ0n) is 9.34. The fourth-order valence-electron chi connectivity index (χ4n) is 1.99. The van der Waals surface area contributed by atoms with Gasteiger partial charge in [-0.3, -0.25) is 0 Å². The Morgan fingerprint density at radius 3 is 2.67 bits per heavy atom. The van der Waals surface area contributed by atoms with Crippen molar-refractivity contribution in [3.8, 4) is 5.75 Å². The maximum atomic E-state index is 5.99. The van der Waals surface area contributed by atoms with Gasteiger partial charge in [-0.25, -0.2) is 0 Å². The largest absolute Gasteiger partial charge is 0.495 e. The summed E-state index contributed by atoms with van der Waals surface area (Å²) in [5.74, 6) is 0.739. The molecule has 1 aliphatic carbocycles. The van der Waals surface area contributed by atoms with Crippen LogP contribution in [0.1, 0.15) is 26.2 Å². The average molecular weight is 206 g/mol. The van der Waals surface area contributed by atoms with Crippen LogP contribution in [0.3, 0.4) is 0 Å². The van der Waals surface area contributed by atoms with Crippen LogP contribution in [0.5, 0.6) is 5.75 Å². The van der Waals surface area contributed by atoms with Crippen LogP contribution in [-0.2, 0) is 0 Å². The summed E-state index contributed by atoms with van der Waals surface area (Å²) in [6, 6.07) is 5.84. The van der Waals surface area contributed by atoms with Gasteiger partial charge in [0.25, 0.3) is 0 Å². The van der Waals surface area contributed by atoms with E-state index in [9.17, 15) is 0 Å². The molecule has 0 heterocycles. The van der Waals surface area contributed by atoms with Crippen molar-refractivity contribution in [2.75, 3.05) is 18.2 Å². The first-order valence-electron chi connectivity index (χ1n) is 5.35. The molecule has 0 saturated heterocycles. The Kier molecular flexibility index (Phi) is 2.47. The highest BCUT2D eigenvalue weighted by atomic mass is 16.5. The quantitative estimate of drug-likeness (QED) is 0.747. The van der Waals surface area contributed by atoms with E-state index >= 15 is 0 Å². The Labute approximate surface area is 90.6 Å². The summed E-state index contributed by atoms with van der Waals surface area (Å²) in [4.78, 5) is 0. The number of benzene rings is 1. The zero-order valence-corrected chi connectivity index (χ0v) is 9.34. The van der Waals surface area contributed by atoms with Gasteiger partial charge in [-0.2, -0.15) is 0 Å². The molecule has 1 aliphatic rings. The second-order valence-electron chi connectivity index (χ2n) is 4.46. The van der Waals surface area contributed by atoms with E-state index in [0.29, 0.717) is 5.69 Å². The molecule has 0 aliphatic heterocycles. The number of methoxy groups -OCH3 is 1. The fourth-order valence-corrected chi connectivity index (χ4v) is 1.99. The standard InChI is InChI=1S/C12H18N2O/c1-12(7-4-8-12)14-9-5-3-6-10(15-2)11(9)13/h3,5-6,14H,4,7-8,13H2,1-2H3. The lowest BCUT2D eigenvalue weighted by Gasteiger charge is -2.40. The maximum Gasteiger partial charge on any atom is 0.143 e. The smallest absolute Gasteiger partial charge is 0.143 e. The molecule has 0 unspecified atom stereocenters. The van der Waals surface area contributed by atoms with Crippen molar-refractivity contribution in [1.82, 2.24) is 0 Å². The van der Waals surface area contributed by atoms with Crippen LogP contribution in [0.25, 0.3) is 0 Å². The lowest BCUT2D eigenvalue weighted by atomic mass is 9.78. The van der Waals surface area contributed by atoms with Crippen LogP contribution in [0.15, 0.2) is 18.2 Å². The summed E-state index contributed by atoms with van der Waals surface area (Å²) >= 11 is 0. The summed E-state index contributed by atoms with van der Waals surface area (Å²) in [5.41, 5.74) is 7.90. The molecule has 1 aromatic carbocycles. The van der Waals surface area contributed by atoms with Crippen molar-refractivity contribution < 1.29 is 4.74 Å². The minimum absolute atomic E-state index is 0.223. The molecule has 15 heavy (non-hydrogen) atoms. The van der Waals surface area contributed by atoms with Gasteiger partial charge in [0.1, 0.15) is 5.75 Å². The lowest BCUT2D eigenvalue weighted by Crippen LogP contribution is -2.41. The van der Waals surface area contributed by atoms with Crippen molar-refractivity contribution >= 4 is 11.4 Å². The molecule has 82 valence electrons. The van der Waals surface area contributed by atoms with Gasteiger partial charge >= 0.3 is 0 Å². The zero-order chi connectivity index (χ0) is 10.9.